The summed E-state index contributed by atoms with van der Waals surface area (Å²) >= 11 is 3.14. The highest BCUT2D eigenvalue weighted by molar-refractivity contribution is 9.10. The smallest absolute Gasteiger partial charge is 0.208 e. The van der Waals surface area contributed by atoms with Crippen LogP contribution in [0.25, 0.3) is 0 Å². The van der Waals surface area contributed by atoms with Crippen LogP contribution in [-0.2, 0) is 0 Å². The van der Waals surface area contributed by atoms with Gasteiger partial charge >= 0.3 is 10.9 Å². The molecule has 1 heterocycles. The van der Waals surface area contributed by atoms with E-state index in [0.717, 1.165) is 4.67 Å². The fourth-order valence-corrected chi connectivity index (χ4v) is 0.581. The lowest BCUT2D eigenvalue weighted by Gasteiger charge is -1.66. The minimum atomic E-state index is 0.759. The van der Waals surface area contributed by atoms with Gasteiger partial charge in [-0.1, -0.05) is 0 Å². The topological polar surface area (TPSA) is 11.3 Å². The summed E-state index contributed by atoms with van der Waals surface area (Å²) in [5, 5.41) is 0. The fourth-order valence-electron chi connectivity index (χ4n) is 0.320. The van der Waals surface area contributed by atoms with Crippen molar-refractivity contribution in [3.63, 3.8) is 0 Å². The number of halogens is 1. The van der Waals surface area contributed by atoms with Crippen molar-refractivity contribution < 1.29 is 4.42 Å². The van der Waals surface area contributed by atoms with Gasteiger partial charge < -0.3 is 0 Å². The summed E-state index contributed by atoms with van der Waals surface area (Å²) in [7, 11) is 0. The number of hydrogen-bond donors (Lipinski definition) is 0. The molecule has 0 atom stereocenters. The summed E-state index contributed by atoms with van der Waals surface area (Å²) in [4.78, 5) is 0. The van der Waals surface area contributed by atoms with E-state index in [-0.39, 0.29) is 0 Å². The Morgan fingerprint density at radius 2 is 2.29 bits per heavy atom. The zero-order chi connectivity index (χ0) is 5.11. The quantitative estimate of drug-likeness (QED) is 0.530. The highest BCUT2D eigenvalue weighted by atomic mass is 79.9. The average molecular weight is 160 g/mol. The molecule has 0 bridgehead atoms. The van der Waals surface area contributed by atoms with Crippen LogP contribution in [0.15, 0.2) is 33.5 Å². The Kier molecular flexibility index (Phi) is 1.42. The molecule has 0 saturated heterocycles. The van der Waals surface area contributed by atoms with Crippen molar-refractivity contribution >= 4 is 15.9 Å². The van der Waals surface area contributed by atoms with Crippen LogP contribution in [0.3, 0.4) is 0 Å². The van der Waals surface area contributed by atoms with Crippen LogP contribution in [0.5, 0.6) is 0 Å². The lowest BCUT2D eigenvalue weighted by atomic mass is 10.5. The van der Waals surface area contributed by atoms with Crippen LogP contribution in [-0.4, -0.2) is 0 Å². The molecule has 0 amide bonds. The van der Waals surface area contributed by atoms with Gasteiger partial charge in [0.1, 0.15) is 0 Å². The maximum atomic E-state index is 4.84. The largest absolute Gasteiger partial charge is 0.393 e. The summed E-state index contributed by atoms with van der Waals surface area (Å²) < 4.78 is 5.60. The Balaban J connectivity index is 3.02. The average Bonchev–Trinajstić information content (AvgIpc) is 1.69. The van der Waals surface area contributed by atoms with Gasteiger partial charge in [-0.25, -0.2) is 4.42 Å². The first-order chi connectivity index (χ1) is 3.39. The fraction of sp³-hybridized carbons (Fsp3) is 0. The van der Waals surface area contributed by atoms with Gasteiger partial charge in [-0.2, -0.15) is 0 Å². The van der Waals surface area contributed by atoms with Gasteiger partial charge in [0, 0.05) is 6.07 Å². The SMILES string of the molecule is Brc1cccc[o+]1. The normalized spacial score (nSPS) is 8.71. The van der Waals surface area contributed by atoms with Crippen molar-refractivity contribution in [2.75, 3.05) is 0 Å². The van der Waals surface area contributed by atoms with Crippen LogP contribution in [0.1, 0.15) is 0 Å². The third kappa shape index (κ3) is 1.27. The second-order valence-electron chi connectivity index (χ2n) is 1.11. The van der Waals surface area contributed by atoms with Crippen LogP contribution < -0.4 is 0 Å². The monoisotopic (exact) mass is 159 g/mol. The molecular weight excluding hydrogens is 156 g/mol. The highest BCUT2D eigenvalue weighted by Gasteiger charge is 1.92. The molecule has 1 aromatic heterocycles. The molecule has 1 rings (SSSR count). The molecule has 0 fully saturated rings. The van der Waals surface area contributed by atoms with E-state index < -0.39 is 0 Å². The van der Waals surface area contributed by atoms with E-state index >= 15 is 0 Å². The van der Waals surface area contributed by atoms with Crippen molar-refractivity contribution in [2.24, 2.45) is 0 Å². The highest BCUT2D eigenvalue weighted by Crippen LogP contribution is 2.05. The van der Waals surface area contributed by atoms with Gasteiger partial charge in [0.15, 0.2) is 0 Å². The molecule has 0 aliphatic heterocycles. The Hall–Kier alpha value is -0.370. The molecule has 0 aliphatic carbocycles. The molecule has 0 N–H and O–H groups in total. The Morgan fingerprint density at radius 3 is 2.57 bits per heavy atom. The first-order valence-corrected chi connectivity index (χ1v) is 2.71. The molecule has 0 unspecified atom stereocenters. The van der Waals surface area contributed by atoms with Crippen molar-refractivity contribution in [3.8, 4) is 0 Å². The Morgan fingerprint density at radius 1 is 1.43 bits per heavy atom. The van der Waals surface area contributed by atoms with E-state index in [4.69, 9.17) is 4.42 Å². The molecule has 0 aliphatic rings. The first-order valence-electron chi connectivity index (χ1n) is 1.92. The Bertz CT molecular complexity index is 138. The predicted molar refractivity (Wildman–Crippen MR) is 30.8 cm³/mol. The molecule has 36 valence electrons. The molecule has 0 spiro atoms. The molecule has 1 nitrogen and oxygen atoms in total. The van der Waals surface area contributed by atoms with Gasteiger partial charge in [-0.05, 0) is 6.07 Å². The van der Waals surface area contributed by atoms with Gasteiger partial charge in [-0.3, -0.25) is 0 Å². The summed E-state index contributed by atoms with van der Waals surface area (Å²) in [6.07, 6.45) is 1.62. The minimum Gasteiger partial charge on any atom is -0.208 e. The Labute approximate surface area is 50.1 Å². The van der Waals surface area contributed by atoms with Crippen molar-refractivity contribution in [3.05, 3.63) is 29.1 Å². The maximum Gasteiger partial charge on any atom is 0.393 e. The summed E-state index contributed by atoms with van der Waals surface area (Å²) in [5.74, 6) is 0. The lowest BCUT2D eigenvalue weighted by molar-refractivity contribution is 0.523. The van der Waals surface area contributed by atoms with Gasteiger partial charge in [0.25, 0.3) is 0 Å². The standard InChI is InChI=1S/C5H4BrO/c6-5-3-1-2-4-7-5/h1-4H/q+1. The molecule has 0 saturated carbocycles. The van der Waals surface area contributed by atoms with E-state index in [2.05, 4.69) is 15.9 Å². The van der Waals surface area contributed by atoms with Gasteiger partial charge in [0.2, 0.25) is 0 Å². The molecule has 2 heteroatoms. The summed E-state index contributed by atoms with van der Waals surface area (Å²) in [6.45, 7) is 0. The number of rotatable bonds is 0. The van der Waals surface area contributed by atoms with Gasteiger partial charge in [0.05, 0.1) is 22.0 Å². The predicted octanol–water partition coefficient (Wildman–Crippen LogP) is 2.32. The molecule has 7 heavy (non-hydrogen) atoms. The molecular formula is C5H4BrO+. The van der Waals surface area contributed by atoms with Crippen LogP contribution in [0.2, 0.25) is 0 Å². The van der Waals surface area contributed by atoms with E-state index in [1.165, 1.54) is 0 Å². The third-order valence-electron chi connectivity index (χ3n) is 0.598. The van der Waals surface area contributed by atoms with E-state index in [1.54, 1.807) is 6.26 Å². The minimum absolute atomic E-state index is 0.759. The summed E-state index contributed by atoms with van der Waals surface area (Å²) in [5.41, 5.74) is 0. The van der Waals surface area contributed by atoms with E-state index in [9.17, 15) is 0 Å². The molecule has 0 aromatic carbocycles. The molecule has 1 aromatic rings. The third-order valence-corrected chi connectivity index (χ3v) is 1.05. The second kappa shape index (κ2) is 2.07. The van der Waals surface area contributed by atoms with Crippen molar-refractivity contribution in [1.82, 2.24) is 0 Å². The zero-order valence-electron chi connectivity index (χ0n) is 3.60. The first kappa shape index (κ1) is 4.78. The lowest BCUT2D eigenvalue weighted by Crippen LogP contribution is -1.55. The van der Waals surface area contributed by atoms with Crippen LogP contribution in [0.4, 0.5) is 0 Å². The van der Waals surface area contributed by atoms with E-state index in [0.29, 0.717) is 0 Å². The van der Waals surface area contributed by atoms with Crippen molar-refractivity contribution in [2.45, 2.75) is 0 Å². The van der Waals surface area contributed by atoms with Crippen molar-refractivity contribution in [1.29, 1.82) is 0 Å². The van der Waals surface area contributed by atoms with Crippen LogP contribution >= 0.6 is 15.9 Å². The van der Waals surface area contributed by atoms with Crippen LogP contribution in [0, 0.1) is 0 Å². The molecule has 0 radical (unpaired) electrons. The van der Waals surface area contributed by atoms with Gasteiger partial charge in [-0.15, -0.1) is 0 Å². The van der Waals surface area contributed by atoms with E-state index in [1.807, 2.05) is 18.2 Å². The number of hydrogen-bond acceptors (Lipinski definition) is 0. The zero-order valence-corrected chi connectivity index (χ0v) is 5.18. The summed E-state index contributed by atoms with van der Waals surface area (Å²) in [6, 6.07) is 5.55. The maximum absolute atomic E-state index is 4.84. The second-order valence-corrected chi connectivity index (χ2v) is 1.89.